The van der Waals surface area contributed by atoms with Crippen molar-refractivity contribution in [1.82, 2.24) is 41.1 Å². The maximum atomic E-state index is 13.6. The van der Waals surface area contributed by atoms with Gasteiger partial charge in [-0.2, -0.15) is 5.21 Å². The van der Waals surface area contributed by atoms with Crippen molar-refractivity contribution in [2.24, 2.45) is 0 Å². The smallest absolute Gasteiger partial charge is 0.408 e. The number of hydrogen-bond acceptors (Lipinski definition) is 6. The third-order valence-electron chi connectivity index (χ3n) is 7.02. The van der Waals surface area contributed by atoms with Crippen LogP contribution in [0.3, 0.4) is 0 Å². The third-order valence-corrected chi connectivity index (χ3v) is 7.02. The highest BCUT2D eigenvalue weighted by Crippen LogP contribution is 2.35. The predicted molar refractivity (Wildman–Crippen MR) is 137 cm³/mol. The van der Waals surface area contributed by atoms with Crippen LogP contribution in [-0.2, 0) is 29.0 Å². The van der Waals surface area contributed by atoms with Crippen molar-refractivity contribution in [2.45, 2.75) is 44.3 Å². The number of amides is 3. The number of nitrogens with one attached hydrogen (secondary N) is 4. The summed E-state index contributed by atoms with van der Waals surface area (Å²) in [5.74, 6) is -0.240. The van der Waals surface area contributed by atoms with Gasteiger partial charge in [-0.3, -0.25) is 14.5 Å². The fourth-order valence-corrected chi connectivity index (χ4v) is 4.95. The highest BCUT2D eigenvalue weighted by atomic mass is 16.4. The summed E-state index contributed by atoms with van der Waals surface area (Å²) >= 11 is 0. The second-order valence-corrected chi connectivity index (χ2v) is 9.52. The number of aromatic amines is 2. The van der Waals surface area contributed by atoms with Gasteiger partial charge in [0.15, 0.2) is 5.82 Å². The molecule has 2 atom stereocenters. The first-order chi connectivity index (χ1) is 18.3. The van der Waals surface area contributed by atoms with Crippen LogP contribution >= 0.6 is 0 Å². The SMILES string of the molecule is CC1(C(=O)NCC(NC(=O)CCc2nn[nH]n2)c2ccccc2)Cc2c([nH]c3ccccc23)CN1C(=O)O. The summed E-state index contributed by atoms with van der Waals surface area (Å²) in [6, 6.07) is 16.5. The molecular weight excluding hydrogens is 488 g/mol. The van der Waals surface area contributed by atoms with E-state index >= 15 is 0 Å². The van der Waals surface area contributed by atoms with Crippen molar-refractivity contribution in [3.63, 3.8) is 0 Å². The molecule has 3 amide bonds. The Balaban J connectivity index is 1.33. The highest BCUT2D eigenvalue weighted by Gasteiger charge is 2.47. The number of H-pyrrole nitrogens is 2. The van der Waals surface area contributed by atoms with Gasteiger partial charge in [-0.1, -0.05) is 53.7 Å². The number of carbonyl (C=O) groups excluding carboxylic acids is 2. The average Bonchev–Trinajstić information content (AvgIpc) is 3.57. The molecule has 12 nitrogen and oxygen atoms in total. The Kier molecular flexibility index (Phi) is 6.77. The molecule has 0 fully saturated rings. The minimum atomic E-state index is -1.34. The fourth-order valence-electron chi connectivity index (χ4n) is 4.95. The highest BCUT2D eigenvalue weighted by molar-refractivity contribution is 5.93. The standard InChI is InChI=1S/C26H28N8O4/c1-26(13-18-17-9-5-6-10-19(17)28-21(18)15-34(26)25(37)38)24(36)27-14-20(16-7-3-2-4-8-16)29-23(35)12-11-22-30-32-33-31-22/h2-10,20,28H,11-15H2,1H3,(H,27,36)(H,29,35)(H,37,38)(H,30,31,32,33). The van der Waals surface area contributed by atoms with E-state index in [0.29, 0.717) is 12.2 Å². The molecule has 0 saturated carbocycles. The number of fused-ring (bicyclic) bond motifs is 3. The molecule has 196 valence electrons. The number of carbonyl (C=O) groups is 3. The molecule has 12 heteroatoms. The molecule has 2 aromatic carbocycles. The summed E-state index contributed by atoms with van der Waals surface area (Å²) in [6.07, 6.45) is -0.502. The van der Waals surface area contributed by atoms with E-state index in [1.807, 2.05) is 54.6 Å². The van der Waals surface area contributed by atoms with Gasteiger partial charge in [-0.15, -0.1) is 10.2 Å². The van der Waals surface area contributed by atoms with Gasteiger partial charge in [0, 0.05) is 42.4 Å². The Hall–Kier alpha value is -4.74. The Morgan fingerprint density at radius 3 is 2.63 bits per heavy atom. The first-order valence-electron chi connectivity index (χ1n) is 12.3. The Bertz CT molecular complexity index is 1450. The maximum Gasteiger partial charge on any atom is 0.408 e. The molecule has 5 rings (SSSR count). The van der Waals surface area contributed by atoms with Crippen molar-refractivity contribution in [3.05, 3.63) is 77.2 Å². The van der Waals surface area contributed by atoms with Crippen molar-refractivity contribution in [1.29, 1.82) is 0 Å². The molecular formula is C26H28N8O4. The molecule has 2 aromatic heterocycles. The first kappa shape index (κ1) is 24.9. The van der Waals surface area contributed by atoms with E-state index in [0.717, 1.165) is 27.7 Å². The van der Waals surface area contributed by atoms with Crippen LogP contribution in [0.4, 0.5) is 4.79 Å². The van der Waals surface area contributed by atoms with E-state index in [2.05, 4.69) is 36.2 Å². The number of aryl methyl sites for hydroxylation is 1. The van der Waals surface area contributed by atoms with Crippen LogP contribution in [0.15, 0.2) is 54.6 Å². The third kappa shape index (κ3) is 4.92. The lowest BCUT2D eigenvalue weighted by Gasteiger charge is -2.41. The quantitative estimate of drug-likeness (QED) is 0.239. The molecule has 0 radical (unpaired) electrons. The molecule has 4 aromatic rings. The Labute approximate surface area is 217 Å². The zero-order valence-corrected chi connectivity index (χ0v) is 20.8. The summed E-state index contributed by atoms with van der Waals surface area (Å²) in [4.78, 5) is 43.0. The minimum absolute atomic E-state index is 0.0677. The molecule has 1 aliphatic rings. The minimum Gasteiger partial charge on any atom is -0.465 e. The van der Waals surface area contributed by atoms with Crippen LogP contribution < -0.4 is 10.6 Å². The summed E-state index contributed by atoms with van der Waals surface area (Å²) in [7, 11) is 0. The van der Waals surface area contributed by atoms with E-state index in [1.54, 1.807) is 6.92 Å². The van der Waals surface area contributed by atoms with Crippen LogP contribution in [0.25, 0.3) is 10.9 Å². The lowest BCUT2D eigenvalue weighted by Crippen LogP contribution is -2.62. The van der Waals surface area contributed by atoms with E-state index in [4.69, 9.17) is 0 Å². The molecule has 3 heterocycles. The number of rotatable bonds is 8. The predicted octanol–water partition coefficient (Wildman–Crippen LogP) is 2.08. The second-order valence-electron chi connectivity index (χ2n) is 9.52. The van der Waals surface area contributed by atoms with E-state index < -0.39 is 23.6 Å². The molecule has 38 heavy (non-hydrogen) atoms. The number of aromatic nitrogens is 5. The number of carboxylic acid groups (broad SMARTS) is 1. The summed E-state index contributed by atoms with van der Waals surface area (Å²) in [5, 5.41) is 30.4. The van der Waals surface area contributed by atoms with Gasteiger partial charge in [0.25, 0.3) is 0 Å². The van der Waals surface area contributed by atoms with Gasteiger partial charge in [0.05, 0.1) is 12.6 Å². The van der Waals surface area contributed by atoms with E-state index in [9.17, 15) is 19.5 Å². The van der Waals surface area contributed by atoms with Crippen LogP contribution in [0.2, 0.25) is 0 Å². The Morgan fingerprint density at radius 1 is 1.13 bits per heavy atom. The lowest BCUT2D eigenvalue weighted by molar-refractivity contribution is -0.133. The average molecular weight is 517 g/mol. The monoisotopic (exact) mass is 516 g/mol. The van der Waals surface area contributed by atoms with Crippen molar-refractivity contribution in [3.8, 4) is 0 Å². The van der Waals surface area contributed by atoms with Crippen LogP contribution in [0.1, 0.15) is 42.0 Å². The van der Waals surface area contributed by atoms with Gasteiger partial charge < -0.3 is 20.7 Å². The van der Waals surface area contributed by atoms with Gasteiger partial charge in [-0.05, 0) is 24.1 Å². The van der Waals surface area contributed by atoms with Crippen LogP contribution in [-0.4, -0.2) is 65.6 Å². The molecule has 0 saturated heterocycles. The largest absolute Gasteiger partial charge is 0.465 e. The first-order valence-corrected chi connectivity index (χ1v) is 12.3. The number of benzene rings is 2. The number of hydrogen-bond donors (Lipinski definition) is 5. The maximum absolute atomic E-state index is 13.6. The number of tetrazole rings is 1. The topological polar surface area (TPSA) is 169 Å². The second kappa shape index (κ2) is 10.3. The molecule has 5 N–H and O–H groups in total. The zero-order valence-electron chi connectivity index (χ0n) is 20.8. The summed E-state index contributed by atoms with van der Waals surface area (Å²) in [5.41, 5.74) is 2.09. The number of nitrogens with zero attached hydrogens (tertiary/aromatic N) is 4. The van der Waals surface area contributed by atoms with Crippen molar-refractivity contribution >= 4 is 28.8 Å². The lowest BCUT2D eigenvalue weighted by atomic mass is 9.85. The van der Waals surface area contributed by atoms with Gasteiger partial charge in [0.1, 0.15) is 5.54 Å². The van der Waals surface area contributed by atoms with Crippen LogP contribution in [0, 0.1) is 0 Å². The van der Waals surface area contributed by atoms with Gasteiger partial charge >= 0.3 is 6.09 Å². The summed E-state index contributed by atoms with van der Waals surface area (Å²) in [6.45, 7) is 1.79. The van der Waals surface area contributed by atoms with E-state index in [-0.39, 0.29) is 31.8 Å². The zero-order chi connectivity index (χ0) is 26.7. The molecule has 1 aliphatic heterocycles. The molecule has 0 bridgehead atoms. The molecule has 0 aliphatic carbocycles. The van der Waals surface area contributed by atoms with Gasteiger partial charge in [-0.25, -0.2) is 4.79 Å². The normalized spacial score (nSPS) is 17.6. The number of para-hydroxylation sites is 1. The van der Waals surface area contributed by atoms with Gasteiger partial charge in [0.2, 0.25) is 11.8 Å². The van der Waals surface area contributed by atoms with Crippen molar-refractivity contribution < 1.29 is 19.5 Å². The fraction of sp³-hybridized carbons (Fsp3) is 0.308. The van der Waals surface area contributed by atoms with E-state index in [1.165, 1.54) is 4.90 Å². The summed E-state index contributed by atoms with van der Waals surface area (Å²) < 4.78 is 0. The molecule has 0 spiro atoms. The Morgan fingerprint density at radius 2 is 1.89 bits per heavy atom. The van der Waals surface area contributed by atoms with Crippen LogP contribution in [0.5, 0.6) is 0 Å². The van der Waals surface area contributed by atoms with Crippen molar-refractivity contribution in [2.75, 3.05) is 6.54 Å². The molecule has 2 unspecified atom stereocenters.